The second-order valence-corrected chi connectivity index (χ2v) is 20.4. The minimum absolute atomic E-state index is 0.000968. The molecule has 0 radical (unpaired) electrons. The number of aromatic nitrogens is 4. The van der Waals surface area contributed by atoms with Gasteiger partial charge in [0, 0.05) is 19.2 Å². The molecule has 1 fully saturated rings. The average Bonchev–Trinajstić information content (AvgIpc) is 4.07. The average molecular weight is 1060 g/mol. The van der Waals surface area contributed by atoms with Crippen LogP contribution in [-0.4, -0.2) is 102 Å². The fourth-order valence-electron chi connectivity index (χ4n) is 9.89. The van der Waals surface area contributed by atoms with Gasteiger partial charge in [-0.25, -0.2) is 19.6 Å². The minimum Gasteiger partial charge on any atom is -0.497 e. The third-order valence-corrected chi connectivity index (χ3v) is 15.6. The van der Waals surface area contributed by atoms with E-state index in [1.54, 1.807) is 49.3 Å². The largest absolute Gasteiger partial charge is 0.497 e. The number of hydrogen-bond acceptors (Lipinski definition) is 14. The fraction of sp³-hybridized carbons (Fsp3) is 0.317. The highest BCUT2D eigenvalue weighted by atomic mass is 31.2. The van der Waals surface area contributed by atoms with E-state index in [1.807, 2.05) is 127 Å². The zero-order chi connectivity index (χ0) is 53.9. The molecule has 1 aliphatic rings. The van der Waals surface area contributed by atoms with Gasteiger partial charge in [0.15, 0.2) is 29.8 Å². The van der Waals surface area contributed by atoms with Crippen LogP contribution in [0.1, 0.15) is 62.6 Å². The Kier molecular flexibility index (Phi) is 17.8. The molecule has 1 amide bonds. The van der Waals surface area contributed by atoms with Gasteiger partial charge in [-0.1, -0.05) is 109 Å². The summed E-state index contributed by atoms with van der Waals surface area (Å²) in [5.74, 6) is 1.88. The first-order chi connectivity index (χ1) is 37.6. The van der Waals surface area contributed by atoms with Crippen LogP contribution in [0.3, 0.4) is 0 Å². The third kappa shape index (κ3) is 12.0. The molecule has 0 spiro atoms. The summed E-state index contributed by atoms with van der Waals surface area (Å²) in [4.78, 5) is 30.6. The Morgan fingerprint density at radius 1 is 0.740 bits per heavy atom. The molecule has 17 heteroatoms. The number of amides is 1. The molecule has 1 saturated heterocycles. The van der Waals surface area contributed by atoms with Crippen LogP contribution in [0.25, 0.3) is 21.9 Å². The molecule has 398 valence electrons. The molecular weight excluding hydrogens is 994 g/mol. The SMILES string of the molecule is COc1ccc(C(OCC2OC(n3cnc4c(N(Cc5ccc6ccccc6c5)C(=O)COc5ccccc5)ncnc43)C(OC)C2OP(OCCC#N)N(C(C)C)C(C)C)(c2ccccc2)c2ccc(OC)cc2)cc1. The number of anilines is 1. The second kappa shape index (κ2) is 25.2. The highest BCUT2D eigenvalue weighted by molar-refractivity contribution is 7.44. The first kappa shape index (κ1) is 54.5. The minimum atomic E-state index is -1.82. The van der Waals surface area contributed by atoms with Gasteiger partial charge >= 0.3 is 0 Å². The van der Waals surface area contributed by atoms with Crippen molar-refractivity contribution in [3.05, 3.63) is 187 Å². The Bertz CT molecular complexity index is 3180. The zero-order valence-corrected chi connectivity index (χ0v) is 45.2. The number of imidazole rings is 1. The summed E-state index contributed by atoms with van der Waals surface area (Å²) in [6, 6.07) is 51.3. The number of nitriles is 1. The lowest BCUT2D eigenvalue weighted by molar-refractivity contribution is -0.120. The van der Waals surface area contributed by atoms with E-state index in [-0.39, 0.29) is 56.6 Å². The van der Waals surface area contributed by atoms with Gasteiger partial charge in [0.2, 0.25) is 0 Å². The van der Waals surface area contributed by atoms with E-state index < -0.39 is 38.7 Å². The van der Waals surface area contributed by atoms with Gasteiger partial charge in [0.05, 0.1) is 52.8 Å². The summed E-state index contributed by atoms with van der Waals surface area (Å²) in [5.41, 5.74) is 2.94. The van der Waals surface area contributed by atoms with Crippen LogP contribution in [0.4, 0.5) is 5.82 Å². The molecular formula is C60H64N7O9P. The topological polar surface area (TPSA) is 165 Å². The van der Waals surface area contributed by atoms with Gasteiger partial charge < -0.3 is 37.5 Å². The van der Waals surface area contributed by atoms with Crippen LogP contribution >= 0.6 is 8.53 Å². The smallest absolute Gasteiger partial charge is 0.266 e. The van der Waals surface area contributed by atoms with Crippen molar-refractivity contribution in [3.63, 3.8) is 0 Å². The van der Waals surface area contributed by atoms with E-state index in [0.717, 1.165) is 33.0 Å². The van der Waals surface area contributed by atoms with Crippen molar-refractivity contribution < 1.29 is 42.3 Å². The number of fused-ring (bicyclic) bond motifs is 2. The molecule has 0 saturated carbocycles. The van der Waals surface area contributed by atoms with Crippen LogP contribution in [-0.2, 0) is 40.2 Å². The van der Waals surface area contributed by atoms with Crippen LogP contribution in [0.5, 0.6) is 17.2 Å². The maximum absolute atomic E-state index is 14.5. The second-order valence-electron chi connectivity index (χ2n) is 19.0. The molecule has 5 unspecified atom stereocenters. The highest BCUT2D eigenvalue weighted by Crippen LogP contribution is 2.52. The molecule has 6 aromatic carbocycles. The number of hydrogen-bond donors (Lipinski definition) is 0. The number of ether oxygens (including phenoxy) is 6. The van der Waals surface area contributed by atoms with Crippen molar-refractivity contribution in [1.82, 2.24) is 24.2 Å². The Morgan fingerprint density at radius 2 is 1.36 bits per heavy atom. The van der Waals surface area contributed by atoms with E-state index in [1.165, 1.54) is 6.33 Å². The third-order valence-electron chi connectivity index (χ3n) is 13.5. The predicted octanol–water partition coefficient (Wildman–Crippen LogP) is 11.2. The van der Waals surface area contributed by atoms with Crippen molar-refractivity contribution in [2.75, 3.05) is 46.0 Å². The lowest BCUT2D eigenvalue weighted by atomic mass is 9.80. The molecule has 16 nitrogen and oxygen atoms in total. The molecule has 2 aromatic heterocycles. The Labute approximate surface area is 451 Å². The molecule has 5 atom stereocenters. The van der Waals surface area contributed by atoms with Gasteiger partial charge in [-0.05, 0) is 103 Å². The summed E-state index contributed by atoms with van der Waals surface area (Å²) >= 11 is 0. The Morgan fingerprint density at radius 3 is 1.99 bits per heavy atom. The molecule has 1 aliphatic heterocycles. The molecule has 0 bridgehead atoms. The fourth-order valence-corrected chi connectivity index (χ4v) is 11.7. The van der Waals surface area contributed by atoms with Gasteiger partial charge in [-0.2, -0.15) is 5.26 Å². The molecule has 0 N–H and O–H groups in total. The molecule has 3 heterocycles. The van der Waals surface area contributed by atoms with Crippen LogP contribution < -0.4 is 19.1 Å². The van der Waals surface area contributed by atoms with E-state index in [2.05, 4.69) is 50.6 Å². The van der Waals surface area contributed by atoms with E-state index in [4.69, 9.17) is 52.4 Å². The van der Waals surface area contributed by atoms with Crippen molar-refractivity contribution >= 4 is 42.2 Å². The molecule has 77 heavy (non-hydrogen) atoms. The number of rotatable bonds is 24. The maximum Gasteiger partial charge on any atom is 0.266 e. The van der Waals surface area contributed by atoms with Crippen molar-refractivity contribution in [2.24, 2.45) is 0 Å². The Balaban J connectivity index is 1.14. The van der Waals surface area contributed by atoms with Gasteiger partial charge in [-0.3, -0.25) is 14.3 Å². The van der Waals surface area contributed by atoms with Gasteiger partial charge in [0.25, 0.3) is 14.4 Å². The Hall–Kier alpha value is -7.32. The number of methoxy groups -OCH3 is 3. The number of nitrogens with zero attached hydrogens (tertiary/aromatic N) is 7. The summed E-state index contributed by atoms with van der Waals surface area (Å²) in [6.07, 6.45) is -0.165. The van der Waals surface area contributed by atoms with Crippen LogP contribution in [0.2, 0.25) is 0 Å². The number of para-hydroxylation sites is 1. The summed E-state index contributed by atoms with van der Waals surface area (Å²) in [6.45, 7) is 8.37. The monoisotopic (exact) mass is 1060 g/mol. The van der Waals surface area contributed by atoms with Crippen LogP contribution in [0.15, 0.2) is 164 Å². The van der Waals surface area contributed by atoms with E-state index >= 15 is 0 Å². The van der Waals surface area contributed by atoms with Crippen LogP contribution in [0, 0.1) is 11.3 Å². The van der Waals surface area contributed by atoms with Crippen molar-refractivity contribution in [1.29, 1.82) is 5.26 Å². The standard InChI is InChI=1S/C60H64N7O9P/c1-41(2)67(42(3)4)77(74-34-16-33-61)76-55-52(37-73-60(46-19-10-8-11-20-46,47-25-29-49(69-5)30-26-47)48-27-31-50(70-6)32-28-48)75-59(56(55)71-7)66-40-64-54-57(62-39-63-58(54)66)65(53(68)38-72-51-21-12-9-13-22-51)36-43-23-24-44-17-14-15-18-45(44)35-43/h8-15,17-32,35,39-42,52,55-56,59H,16,34,36-38H2,1-7H3. The van der Waals surface area contributed by atoms with Crippen molar-refractivity contribution in [3.8, 4) is 23.3 Å². The highest BCUT2D eigenvalue weighted by Gasteiger charge is 2.51. The lowest BCUT2D eigenvalue weighted by Gasteiger charge is -2.39. The maximum atomic E-state index is 14.5. The molecule has 0 aliphatic carbocycles. The van der Waals surface area contributed by atoms with E-state index in [0.29, 0.717) is 28.4 Å². The number of benzene rings is 6. The number of carbonyl (C=O) groups is 1. The summed E-state index contributed by atoms with van der Waals surface area (Å²) in [7, 11) is 3.06. The van der Waals surface area contributed by atoms with Gasteiger partial charge in [0.1, 0.15) is 47.5 Å². The molecule has 9 rings (SSSR count). The quantitative estimate of drug-likeness (QED) is 0.0319. The first-order valence-corrected chi connectivity index (χ1v) is 26.7. The normalized spacial score (nSPS) is 17.0. The number of carbonyl (C=O) groups excluding carboxylic acids is 1. The zero-order valence-electron chi connectivity index (χ0n) is 44.3. The van der Waals surface area contributed by atoms with Gasteiger partial charge in [-0.15, -0.1) is 0 Å². The summed E-state index contributed by atoms with van der Waals surface area (Å²) in [5, 5.41) is 11.7. The van der Waals surface area contributed by atoms with E-state index in [9.17, 15) is 10.1 Å². The summed E-state index contributed by atoms with van der Waals surface area (Å²) < 4.78 is 56.3. The lowest BCUT2D eigenvalue weighted by Crippen LogP contribution is -2.42. The molecule has 8 aromatic rings. The predicted molar refractivity (Wildman–Crippen MR) is 295 cm³/mol. The van der Waals surface area contributed by atoms with Crippen molar-refractivity contribution in [2.45, 2.75) is 82.9 Å². The first-order valence-electron chi connectivity index (χ1n) is 25.6.